The van der Waals surface area contributed by atoms with Gasteiger partial charge in [0.2, 0.25) is 5.88 Å². The molecule has 0 aliphatic carbocycles. The molecule has 2 aromatic rings. The second kappa shape index (κ2) is 8.01. The zero-order chi connectivity index (χ0) is 20.3. The summed E-state index contributed by atoms with van der Waals surface area (Å²) in [6.45, 7) is 5.67. The maximum absolute atomic E-state index is 12.6. The molecule has 0 saturated heterocycles. The van der Waals surface area contributed by atoms with E-state index >= 15 is 0 Å². The summed E-state index contributed by atoms with van der Waals surface area (Å²) in [5.74, 6) is -0.783. The summed E-state index contributed by atoms with van der Waals surface area (Å²) >= 11 is 0. The van der Waals surface area contributed by atoms with Crippen molar-refractivity contribution in [1.29, 1.82) is 5.26 Å². The third-order valence-corrected chi connectivity index (χ3v) is 4.78. The Morgan fingerprint density at radius 3 is 2.64 bits per heavy atom. The number of rotatable bonds is 4. The average molecular weight is 374 g/mol. The Kier molecular flexibility index (Phi) is 5.51. The van der Waals surface area contributed by atoms with Crippen molar-refractivity contribution in [2.24, 2.45) is 5.73 Å². The molecule has 5 heteroatoms. The minimum absolute atomic E-state index is 0.0133. The van der Waals surface area contributed by atoms with Crippen LogP contribution in [0.3, 0.4) is 0 Å². The Morgan fingerprint density at radius 2 is 1.96 bits per heavy atom. The van der Waals surface area contributed by atoms with E-state index in [1.807, 2.05) is 55.5 Å². The van der Waals surface area contributed by atoms with Crippen molar-refractivity contribution in [1.82, 2.24) is 0 Å². The van der Waals surface area contributed by atoms with Gasteiger partial charge in [0.05, 0.1) is 18.1 Å². The lowest BCUT2D eigenvalue weighted by Gasteiger charge is -2.27. The molecule has 28 heavy (non-hydrogen) atoms. The van der Waals surface area contributed by atoms with Gasteiger partial charge in [0.1, 0.15) is 17.4 Å². The minimum atomic E-state index is -0.637. The maximum Gasteiger partial charge on any atom is 0.338 e. The highest BCUT2D eigenvalue weighted by Gasteiger charge is 2.36. The lowest BCUT2D eigenvalue weighted by molar-refractivity contribution is -0.139. The number of benzene rings is 2. The standard InChI is InChI=1S/C23H22N2O3/c1-4-27-23(26)20-15(3)28-22(25)19(13-24)21(20)17-10-7-9-16(12-17)18-11-6-5-8-14(18)2/h5-12,21H,4,25H2,1-3H3. The van der Waals surface area contributed by atoms with E-state index in [2.05, 4.69) is 6.07 Å². The van der Waals surface area contributed by atoms with Crippen LogP contribution in [-0.2, 0) is 14.3 Å². The summed E-state index contributed by atoms with van der Waals surface area (Å²) in [6, 6.07) is 18.0. The van der Waals surface area contributed by atoms with E-state index in [9.17, 15) is 10.1 Å². The molecular formula is C23H22N2O3. The highest BCUT2D eigenvalue weighted by molar-refractivity contribution is 5.92. The van der Waals surface area contributed by atoms with Crippen LogP contribution in [0.25, 0.3) is 11.1 Å². The number of nitrogens with two attached hydrogens (primary N) is 1. The van der Waals surface area contributed by atoms with Crippen molar-refractivity contribution in [3.05, 3.63) is 82.4 Å². The van der Waals surface area contributed by atoms with Crippen molar-refractivity contribution < 1.29 is 14.3 Å². The Bertz CT molecular complexity index is 1030. The van der Waals surface area contributed by atoms with Crippen LogP contribution in [0.2, 0.25) is 0 Å². The van der Waals surface area contributed by atoms with Gasteiger partial charge >= 0.3 is 5.97 Å². The van der Waals surface area contributed by atoms with Crippen LogP contribution >= 0.6 is 0 Å². The molecule has 2 N–H and O–H groups in total. The predicted molar refractivity (Wildman–Crippen MR) is 107 cm³/mol. The van der Waals surface area contributed by atoms with E-state index in [1.165, 1.54) is 0 Å². The highest BCUT2D eigenvalue weighted by Crippen LogP contribution is 2.40. The fourth-order valence-electron chi connectivity index (χ4n) is 3.47. The van der Waals surface area contributed by atoms with Gasteiger partial charge in [-0.3, -0.25) is 0 Å². The molecule has 1 unspecified atom stereocenters. The second-order valence-corrected chi connectivity index (χ2v) is 6.56. The van der Waals surface area contributed by atoms with Crippen LogP contribution in [-0.4, -0.2) is 12.6 Å². The number of hydrogen-bond donors (Lipinski definition) is 1. The van der Waals surface area contributed by atoms with E-state index in [1.54, 1.807) is 13.8 Å². The van der Waals surface area contributed by atoms with Crippen LogP contribution in [0, 0.1) is 18.3 Å². The second-order valence-electron chi connectivity index (χ2n) is 6.56. The maximum atomic E-state index is 12.6. The van der Waals surface area contributed by atoms with Gasteiger partial charge in [-0.05, 0) is 43.0 Å². The molecule has 0 radical (unpaired) electrons. The first-order valence-electron chi connectivity index (χ1n) is 9.09. The van der Waals surface area contributed by atoms with Gasteiger partial charge in [-0.2, -0.15) is 5.26 Å². The summed E-state index contributed by atoms with van der Waals surface area (Å²) in [6.07, 6.45) is 0. The summed E-state index contributed by atoms with van der Waals surface area (Å²) < 4.78 is 10.7. The SMILES string of the molecule is CCOC(=O)C1=C(C)OC(N)=C(C#N)C1c1cccc(-c2ccccc2C)c1. The van der Waals surface area contributed by atoms with Crippen LogP contribution in [0.4, 0.5) is 0 Å². The zero-order valence-corrected chi connectivity index (χ0v) is 16.2. The van der Waals surface area contributed by atoms with Crippen molar-refractivity contribution in [2.75, 3.05) is 6.61 Å². The van der Waals surface area contributed by atoms with E-state index in [-0.39, 0.29) is 18.1 Å². The fourth-order valence-corrected chi connectivity index (χ4v) is 3.47. The molecule has 0 spiro atoms. The summed E-state index contributed by atoms with van der Waals surface area (Å²) in [5.41, 5.74) is 10.5. The number of allylic oxidation sites excluding steroid dienone is 2. The molecule has 142 valence electrons. The van der Waals surface area contributed by atoms with Crippen molar-refractivity contribution in [3.8, 4) is 17.2 Å². The van der Waals surface area contributed by atoms with Crippen LogP contribution in [0.5, 0.6) is 0 Å². The molecule has 0 saturated carbocycles. The van der Waals surface area contributed by atoms with Crippen LogP contribution in [0.1, 0.15) is 30.9 Å². The van der Waals surface area contributed by atoms with Crippen LogP contribution < -0.4 is 5.73 Å². The molecule has 0 fully saturated rings. The number of aryl methyl sites for hydroxylation is 1. The average Bonchev–Trinajstić information content (AvgIpc) is 2.68. The van der Waals surface area contributed by atoms with Crippen LogP contribution in [0.15, 0.2) is 71.3 Å². The predicted octanol–water partition coefficient (Wildman–Crippen LogP) is 4.31. The zero-order valence-electron chi connectivity index (χ0n) is 16.2. The van der Waals surface area contributed by atoms with Gasteiger partial charge in [-0.25, -0.2) is 4.79 Å². The lowest BCUT2D eigenvalue weighted by Crippen LogP contribution is -2.25. The summed E-state index contributed by atoms with van der Waals surface area (Å²) in [4.78, 5) is 12.6. The first-order valence-corrected chi connectivity index (χ1v) is 9.09. The number of esters is 1. The number of carbonyl (C=O) groups is 1. The topological polar surface area (TPSA) is 85.3 Å². The normalized spacial score (nSPS) is 16.4. The molecule has 1 atom stereocenters. The largest absolute Gasteiger partial charge is 0.463 e. The smallest absolute Gasteiger partial charge is 0.338 e. The number of nitriles is 1. The molecule has 3 rings (SSSR count). The molecule has 0 aromatic heterocycles. The van der Waals surface area contributed by atoms with Gasteiger partial charge in [0.15, 0.2) is 0 Å². The number of ether oxygens (including phenoxy) is 2. The highest BCUT2D eigenvalue weighted by atomic mass is 16.5. The Hall–Kier alpha value is -3.52. The Labute approximate surface area is 164 Å². The third kappa shape index (κ3) is 3.49. The van der Waals surface area contributed by atoms with Gasteiger partial charge in [0.25, 0.3) is 0 Å². The van der Waals surface area contributed by atoms with Crippen molar-refractivity contribution in [2.45, 2.75) is 26.7 Å². The minimum Gasteiger partial charge on any atom is -0.463 e. The molecule has 0 bridgehead atoms. The summed E-state index contributed by atoms with van der Waals surface area (Å²) in [5, 5.41) is 9.70. The molecule has 1 heterocycles. The van der Waals surface area contributed by atoms with Gasteiger partial charge in [0, 0.05) is 0 Å². The molecule has 1 aliphatic heterocycles. The van der Waals surface area contributed by atoms with E-state index in [4.69, 9.17) is 15.2 Å². The molecule has 1 aliphatic rings. The number of hydrogen-bond acceptors (Lipinski definition) is 5. The summed E-state index contributed by atoms with van der Waals surface area (Å²) in [7, 11) is 0. The quantitative estimate of drug-likeness (QED) is 0.806. The molecular weight excluding hydrogens is 352 g/mol. The molecule has 2 aromatic carbocycles. The van der Waals surface area contributed by atoms with Crippen molar-refractivity contribution >= 4 is 5.97 Å². The van der Waals surface area contributed by atoms with Gasteiger partial charge < -0.3 is 15.2 Å². The van der Waals surface area contributed by atoms with Gasteiger partial charge in [-0.15, -0.1) is 0 Å². The third-order valence-electron chi connectivity index (χ3n) is 4.78. The molecule has 5 nitrogen and oxygen atoms in total. The van der Waals surface area contributed by atoms with Crippen molar-refractivity contribution in [3.63, 3.8) is 0 Å². The monoisotopic (exact) mass is 374 g/mol. The Morgan fingerprint density at radius 1 is 1.21 bits per heavy atom. The first kappa shape index (κ1) is 19.2. The van der Waals surface area contributed by atoms with E-state index in [0.29, 0.717) is 11.3 Å². The van der Waals surface area contributed by atoms with Gasteiger partial charge in [-0.1, -0.05) is 48.5 Å². The number of nitrogens with zero attached hydrogens (tertiary/aromatic N) is 1. The lowest BCUT2D eigenvalue weighted by atomic mass is 9.82. The van der Waals surface area contributed by atoms with E-state index < -0.39 is 11.9 Å². The van der Waals surface area contributed by atoms with E-state index in [0.717, 1.165) is 22.3 Å². The Balaban J connectivity index is 2.17. The fraction of sp³-hybridized carbons (Fsp3) is 0.217. The number of carbonyl (C=O) groups excluding carboxylic acids is 1. The molecule has 0 amide bonds. The first-order chi connectivity index (χ1) is 13.5.